The number of hydrogen-bond acceptors (Lipinski definition) is 2. The van der Waals surface area contributed by atoms with Crippen LogP contribution in [0, 0.1) is 0 Å². The summed E-state index contributed by atoms with van der Waals surface area (Å²) in [5.74, 6) is 0. The minimum Gasteiger partial charge on any atom is -0.380 e. The van der Waals surface area contributed by atoms with E-state index < -0.39 is 0 Å². The summed E-state index contributed by atoms with van der Waals surface area (Å²) in [6.07, 6.45) is 3.80. The molecule has 0 spiro atoms. The monoisotopic (exact) mass is 169 g/mol. The van der Waals surface area contributed by atoms with Gasteiger partial charge in [-0.2, -0.15) is 0 Å². The molecule has 70 valence electrons. The highest BCUT2D eigenvalue weighted by Gasteiger charge is 1.98. The fourth-order valence-electron chi connectivity index (χ4n) is 0.960. The van der Waals surface area contributed by atoms with E-state index in [9.17, 15) is 0 Å². The van der Waals surface area contributed by atoms with E-state index in [2.05, 4.69) is 18.1 Å². The second-order valence-electron chi connectivity index (χ2n) is 2.53. The largest absolute Gasteiger partial charge is 0.380 e. The summed E-state index contributed by atoms with van der Waals surface area (Å²) in [7, 11) is 0. The summed E-state index contributed by atoms with van der Waals surface area (Å²) in [5.41, 5.74) is 0. The van der Waals surface area contributed by atoms with Crippen molar-refractivity contribution in [3.63, 3.8) is 0 Å². The van der Waals surface area contributed by atoms with Crippen molar-refractivity contribution in [3.05, 3.63) is 25.3 Å². The van der Waals surface area contributed by atoms with Crippen molar-refractivity contribution in [1.29, 1.82) is 0 Å². The Balaban J connectivity index is 3.47. The summed E-state index contributed by atoms with van der Waals surface area (Å²) in [4.78, 5) is 2.23. The van der Waals surface area contributed by atoms with Crippen molar-refractivity contribution >= 4 is 0 Å². The number of rotatable bonds is 8. The Hall–Kier alpha value is -0.600. The summed E-state index contributed by atoms with van der Waals surface area (Å²) >= 11 is 0. The Labute approximate surface area is 75.5 Å². The SMILES string of the molecule is C=CCN(CC=C)CCOCC. The fraction of sp³-hybridized carbons (Fsp3) is 0.600. The van der Waals surface area contributed by atoms with Crippen LogP contribution in [0.2, 0.25) is 0 Å². The Kier molecular flexibility index (Phi) is 8.07. The Bertz CT molecular complexity index is 113. The standard InChI is InChI=1S/C10H19NO/c1-4-7-11(8-5-2)9-10-12-6-3/h4-5H,1-2,6-10H2,3H3. The molecule has 0 saturated heterocycles. The van der Waals surface area contributed by atoms with E-state index in [1.165, 1.54) is 0 Å². The lowest BCUT2D eigenvalue weighted by molar-refractivity contribution is 0.121. The highest BCUT2D eigenvalue weighted by molar-refractivity contribution is 4.79. The molecule has 2 nitrogen and oxygen atoms in total. The predicted octanol–water partition coefficient (Wildman–Crippen LogP) is 1.70. The molecule has 0 aromatic heterocycles. The summed E-state index contributed by atoms with van der Waals surface area (Å²) in [6.45, 7) is 13.7. The molecule has 0 aliphatic heterocycles. The van der Waals surface area contributed by atoms with Crippen LogP contribution < -0.4 is 0 Å². The molecule has 12 heavy (non-hydrogen) atoms. The van der Waals surface area contributed by atoms with Crippen LogP contribution >= 0.6 is 0 Å². The van der Waals surface area contributed by atoms with Gasteiger partial charge in [-0.1, -0.05) is 12.2 Å². The molecule has 0 N–H and O–H groups in total. The van der Waals surface area contributed by atoms with Gasteiger partial charge in [-0.15, -0.1) is 13.2 Å². The Morgan fingerprint density at radius 3 is 2.25 bits per heavy atom. The first-order chi connectivity index (χ1) is 5.85. The zero-order valence-electron chi connectivity index (χ0n) is 7.96. The van der Waals surface area contributed by atoms with Crippen LogP contribution in [0.5, 0.6) is 0 Å². The summed E-state index contributed by atoms with van der Waals surface area (Å²) in [6, 6.07) is 0. The van der Waals surface area contributed by atoms with E-state index in [0.29, 0.717) is 0 Å². The first-order valence-electron chi connectivity index (χ1n) is 4.37. The fourth-order valence-corrected chi connectivity index (χ4v) is 0.960. The van der Waals surface area contributed by atoms with Gasteiger partial charge >= 0.3 is 0 Å². The Morgan fingerprint density at radius 1 is 1.25 bits per heavy atom. The van der Waals surface area contributed by atoms with Crippen LogP contribution in [0.4, 0.5) is 0 Å². The molecule has 0 aromatic carbocycles. The number of hydrogen-bond donors (Lipinski definition) is 0. The average molecular weight is 169 g/mol. The van der Waals surface area contributed by atoms with Crippen LogP contribution in [-0.4, -0.2) is 37.7 Å². The van der Waals surface area contributed by atoms with Crippen LogP contribution in [0.25, 0.3) is 0 Å². The zero-order chi connectivity index (χ0) is 9.23. The van der Waals surface area contributed by atoms with Gasteiger partial charge in [-0.25, -0.2) is 0 Å². The maximum Gasteiger partial charge on any atom is 0.0593 e. The molecular weight excluding hydrogens is 150 g/mol. The molecule has 0 aliphatic carbocycles. The molecule has 0 bridgehead atoms. The second-order valence-corrected chi connectivity index (χ2v) is 2.53. The van der Waals surface area contributed by atoms with E-state index in [4.69, 9.17) is 4.74 Å². The van der Waals surface area contributed by atoms with Crippen LogP contribution in [0.15, 0.2) is 25.3 Å². The van der Waals surface area contributed by atoms with Gasteiger partial charge in [0.1, 0.15) is 0 Å². The van der Waals surface area contributed by atoms with Crippen LogP contribution in [0.1, 0.15) is 6.92 Å². The third-order valence-corrected chi connectivity index (χ3v) is 1.53. The Morgan fingerprint density at radius 2 is 1.83 bits per heavy atom. The van der Waals surface area contributed by atoms with Gasteiger partial charge in [0.25, 0.3) is 0 Å². The second kappa shape index (κ2) is 8.50. The third kappa shape index (κ3) is 6.13. The topological polar surface area (TPSA) is 12.5 Å². The molecule has 0 fully saturated rings. The van der Waals surface area contributed by atoms with E-state index in [0.717, 1.165) is 32.8 Å². The first kappa shape index (κ1) is 11.4. The molecule has 0 heterocycles. The molecule has 0 unspecified atom stereocenters. The lowest BCUT2D eigenvalue weighted by Crippen LogP contribution is -2.27. The highest BCUT2D eigenvalue weighted by atomic mass is 16.5. The van der Waals surface area contributed by atoms with E-state index in [-0.39, 0.29) is 0 Å². The van der Waals surface area contributed by atoms with Crippen molar-refractivity contribution in [2.45, 2.75) is 6.92 Å². The van der Waals surface area contributed by atoms with Crippen molar-refractivity contribution in [1.82, 2.24) is 4.90 Å². The number of ether oxygens (including phenoxy) is 1. The van der Waals surface area contributed by atoms with Crippen molar-refractivity contribution in [3.8, 4) is 0 Å². The molecule has 0 radical (unpaired) electrons. The van der Waals surface area contributed by atoms with Crippen molar-refractivity contribution < 1.29 is 4.74 Å². The normalized spacial score (nSPS) is 10.2. The lowest BCUT2D eigenvalue weighted by Gasteiger charge is -2.17. The molecular formula is C10H19NO. The van der Waals surface area contributed by atoms with Crippen LogP contribution in [-0.2, 0) is 4.74 Å². The number of nitrogens with zero attached hydrogens (tertiary/aromatic N) is 1. The van der Waals surface area contributed by atoms with Crippen molar-refractivity contribution in [2.24, 2.45) is 0 Å². The van der Waals surface area contributed by atoms with Gasteiger partial charge < -0.3 is 4.74 Å². The molecule has 0 atom stereocenters. The molecule has 0 aromatic rings. The zero-order valence-corrected chi connectivity index (χ0v) is 7.96. The van der Waals surface area contributed by atoms with Gasteiger partial charge in [0, 0.05) is 26.2 Å². The van der Waals surface area contributed by atoms with E-state index >= 15 is 0 Å². The van der Waals surface area contributed by atoms with E-state index in [1.807, 2.05) is 19.1 Å². The molecule has 0 saturated carbocycles. The predicted molar refractivity (Wildman–Crippen MR) is 53.3 cm³/mol. The molecule has 0 rings (SSSR count). The van der Waals surface area contributed by atoms with Gasteiger partial charge in [0.05, 0.1) is 6.61 Å². The smallest absolute Gasteiger partial charge is 0.0593 e. The average Bonchev–Trinajstić information content (AvgIpc) is 2.06. The van der Waals surface area contributed by atoms with Crippen molar-refractivity contribution in [2.75, 3.05) is 32.8 Å². The quantitative estimate of drug-likeness (QED) is 0.405. The van der Waals surface area contributed by atoms with Gasteiger partial charge in [-0.3, -0.25) is 4.90 Å². The highest BCUT2D eigenvalue weighted by Crippen LogP contribution is 1.89. The van der Waals surface area contributed by atoms with Gasteiger partial charge in [0.2, 0.25) is 0 Å². The maximum atomic E-state index is 5.25. The molecule has 0 amide bonds. The maximum absolute atomic E-state index is 5.25. The van der Waals surface area contributed by atoms with Gasteiger partial charge in [0.15, 0.2) is 0 Å². The minimum atomic E-state index is 0.788. The van der Waals surface area contributed by atoms with Gasteiger partial charge in [-0.05, 0) is 6.92 Å². The van der Waals surface area contributed by atoms with Crippen LogP contribution in [0.3, 0.4) is 0 Å². The molecule has 2 heteroatoms. The summed E-state index contributed by atoms with van der Waals surface area (Å²) in [5, 5.41) is 0. The molecule has 0 aliphatic rings. The minimum absolute atomic E-state index is 0.788. The third-order valence-electron chi connectivity index (χ3n) is 1.53. The lowest BCUT2D eigenvalue weighted by atomic mass is 10.4. The van der Waals surface area contributed by atoms with E-state index in [1.54, 1.807) is 0 Å². The first-order valence-corrected chi connectivity index (χ1v) is 4.37. The summed E-state index contributed by atoms with van der Waals surface area (Å²) < 4.78 is 5.25.